The van der Waals surface area contributed by atoms with Gasteiger partial charge in [-0.2, -0.15) is 0 Å². The summed E-state index contributed by atoms with van der Waals surface area (Å²) in [7, 11) is 1.62. The molecule has 2 aromatic carbocycles. The molecule has 3 aromatic rings. The van der Waals surface area contributed by atoms with Crippen LogP contribution >= 0.6 is 0 Å². The third-order valence-corrected chi connectivity index (χ3v) is 4.29. The number of carbonyl (C=O) groups excluding carboxylic acids is 1. The van der Waals surface area contributed by atoms with Crippen molar-refractivity contribution in [3.63, 3.8) is 0 Å². The van der Waals surface area contributed by atoms with Crippen LogP contribution < -0.4 is 14.8 Å². The van der Waals surface area contributed by atoms with Crippen molar-refractivity contribution < 1.29 is 14.3 Å². The molecule has 0 aliphatic rings. The number of aromatic nitrogens is 2. The molecule has 142 valence electrons. The van der Waals surface area contributed by atoms with Gasteiger partial charge in [0.1, 0.15) is 5.82 Å². The van der Waals surface area contributed by atoms with E-state index in [1.807, 2.05) is 49.4 Å². The van der Waals surface area contributed by atoms with Crippen molar-refractivity contribution in [3.8, 4) is 11.5 Å². The number of nitrogens with one attached hydrogen (secondary N) is 2. The van der Waals surface area contributed by atoms with Gasteiger partial charge in [0.2, 0.25) is 5.91 Å². The number of hydrogen-bond donors (Lipinski definition) is 2. The summed E-state index contributed by atoms with van der Waals surface area (Å²) in [6.45, 7) is 3.08. The van der Waals surface area contributed by atoms with Crippen molar-refractivity contribution in [2.45, 2.75) is 26.2 Å². The molecule has 0 fully saturated rings. The second-order valence-electron chi connectivity index (χ2n) is 6.22. The number of aryl methyl sites for hydroxylation is 1. The first-order chi connectivity index (χ1) is 13.2. The summed E-state index contributed by atoms with van der Waals surface area (Å²) in [5, 5.41) is 2.95. The highest BCUT2D eigenvalue weighted by molar-refractivity contribution is 5.76. The highest BCUT2D eigenvalue weighted by Crippen LogP contribution is 2.28. The number of aromatic amines is 1. The molecule has 0 radical (unpaired) electrons. The van der Waals surface area contributed by atoms with Crippen LogP contribution in [0.15, 0.2) is 42.5 Å². The van der Waals surface area contributed by atoms with Gasteiger partial charge in [-0.1, -0.05) is 18.2 Å². The minimum atomic E-state index is 0.0268. The summed E-state index contributed by atoms with van der Waals surface area (Å²) >= 11 is 0. The first kappa shape index (κ1) is 18.8. The van der Waals surface area contributed by atoms with Crippen LogP contribution in [0.5, 0.6) is 11.5 Å². The third-order valence-electron chi connectivity index (χ3n) is 4.29. The van der Waals surface area contributed by atoms with Gasteiger partial charge in [-0.3, -0.25) is 4.79 Å². The van der Waals surface area contributed by atoms with Gasteiger partial charge in [-0.05, 0) is 43.2 Å². The number of imidazole rings is 1. The fourth-order valence-corrected chi connectivity index (χ4v) is 2.93. The van der Waals surface area contributed by atoms with Crippen LogP contribution in [0.1, 0.15) is 24.7 Å². The molecule has 0 aliphatic heterocycles. The topological polar surface area (TPSA) is 76.2 Å². The molecule has 0 spiro atoms. The largest absolute Gasteiger partial charge is 0.493 e. The van der Waals surface area contributed by atoms with Crippen LogP contribution in [0.4, 0.5) is 0 Å². The second kappa shape index (κ2) is 9.07. The Hall–Kier alpha value is -3.02. The van der Waals surface area contributed by atoms with Crippen LogP contribution in [0.3, 0.4) is 0 Å². The van der Waals surface area contributed by atoms with Crippen molar-refractivity contribution in [1.29, 1.82) is 0 Å². The van der Waals surface area contributed by atoms with Gasteiger partial charge < -0.3 is 19.8 Å². The average Bonchev–Trinajstić information content (AvgIpc) is 3.10. The Morgan fingerprint density at radius 3 is 2.78 bits per heavy atom. The maximum absolute atomic E-state index is 12.1. The number of ether oxygens (including phenoxy) is 2. The third kappa shape index (κ3) is 5.00. The van der Waals surface area contributed by atoms with E-state index in [-0.39, 0.29) is 5.91 Å². The van der Waals surface area contributed by atoms with Crippen molar-refractivity contribution >= 4 is 16.9 Å². The van der Waals surface area contributed by atoms with Gasteiger partial charge in [0.15, 0.2) is 11.5 Å². The molecule has 3 rings (SSSR count). The van der Waals surface area contributed by atoms with Crippen molar-refractivity contribution in [2.75, 3.05) is 20.3 Å². The van der Waals surface area contributed by atoms with Crippen LogP contribution in [0.25, 0.3) is 11.0 Å². The fraction of sp³-hybridized carbons (Fsp3) is 0.333. The predicted molar refractivity (Wildman–Crippen MR) is 105 cm³/mol. The number of hydrogen-bond acceptors (Lipinski definition) is 4. The SMILES string of the molecule is CCOc1ccc(CCC(=O)NCCc2nc3ccccc3[nH]2)cc1OC. The summed E-state index contributed by atoms with van der Waals surface area (Å²) in [6, 6.07) is 13.7. The van der Waals surface area contributed by atoms with Crippen molar-refractivity contribution in [2.24, 2.45) is 0 Å². The Morgan fingerprint density at radius 2 is 2.00 bits per heavy atom. The Kier molecular flexibility index (Phi) is 6.30. The van der Waals surface area contributed by atoms with Gasteiger partial charge in [-0.15, -0.1) is 0 Å². The van der Waals surface area contributed by atoms with E-state index in [0.29, 0.717) is 38.2 Å². The first-order valence-corrected chi connectivity index (χ1v) is 9.19. The van der Waals surface area contributed by atoms with E-state index in [1.165, 1.54) is 0 Å². The number of para-hydroxylation sites is 2. The zero-order valence-electron chi connectivity index (χ0n) is 15.7. The molecular weight excluding hydrogens is 342 g/mol. The minimum absolute atomic E-state index is 0.0268. The van der Waals surface area contributed by atoms with Crippen LogP contribution in [0.2, 0.25) is 0 Å². The van der Waals surface area contributed by atoms with Crippen LogP contribution in [-0.2, 0) is 17.6 Å². The number of nitrogens with zero attached hydrogens (tertiary/aromatic N) is 1. The summed E-state index contributed by atoms with van der Waals surface area (Å²) in [4.78, 5) is 19.9. The maximum atomic E-state index is 12.1. The molecule has 27 heavy (non-hydrogen) atoms. The smallest absolute Gasteiger partial charge is 0.220 e. The Bertz CT molecular complexity index is 872. The lowest BCUT2D eigenvalue weighted by Crippen LogP contribution is -2.26. The fourth-order valence-electron chi connectivity index (χ4n) is 2.93. The second-order valence-corrected chi connectivity index (χ2v) is 6.22. The molecule has 1 heterocycles. The molecule has 0 atom stereocenters. The van der Waals surface area contributed by atoms with Crippen LogP contribution in [0, 0.1) is 0 Å². The number of benzene rings is 2. The Morgan fingerprint density at radius 1 is 1.15 bits per heavy atom. The highest BCUT2D eigenvalue weighted by atomic mass is 16.5. The molecule has 0 bridgehead atoms. The lowest BCUT2D eigenvalue weighted by Gasteiger charge is -2.11. The van der Waals surface area contributed by atoms with Crippen LogP contribution in [-0.4, -0.2) is 36.1 Å². The maximum Gasteiger partial charge on any atom is 0.220 e. The average molecular weight is 367 g/mol. The standard InChI is InChI=1S/C21H25N3O3/c1-3-27-18-10-8-15(14-19(18)26-2)9-11-21(25)22-13-12-20-23-16-6-4-5-7-17(16)24-20/h4-8,10,14H,3,9,11-13H2,1-2H3,(H,22,25)(H,23,24). The normalized spacial score (nSPS) is 10.7. The summed E-state index contributed by atoms with van der Waals surface area (Å²) < 4.78 is 10.9. The predicted octanol–water partition coefficient (Wildman–Crippen LogP) is 3.26. The molecule has 0 saturated heterocycles. The number of amides is 1. The molecule has 0 unspecified atom stereocenters. The quantitative estimate of drug-likeness (QED) is 0.609. The number of H-pyrrole nitrogens is 1. The number of carbonyl (C=O) groups is 1. The Labute approximate surface area is 158 Å². The van der Waals surface area contributed by atoms with Gasteiger partial charge in [0, 0.05) is 19.4 Å². The summed E-state index contributed by atoms with van der Waals surface area (Å²) in [5.41, 5.74) is 3.01. The molecule has 1 aromatic heterocycles. The highest BCUT2D eigenvalue weighted by Gasteiger charge is 2.08. The van der Waals surface area contributed by atoms with E-state index in [1.54, 1.807) is 7.11 Å². The molecule has 2 N–H and O–H groups in total. The minimum Gasteiger partial charge on any atom is -0.493 e. The van der Waals surface area contributed by atoms with Crippen molar-refractivity contribution in [3.05, 3.63) is 53.9 Å². The number of fused-ring (bicyclic) bond motifs is 1. The first-order valence-electron chi connectivity index (χ1n) is 9.19. The van der Waals surface area contributed by atoms with Crippen molar-refractivity contribution in [1.82, 2.24) is 15.3 Å². The van der Waals surface area contributed by atoms with E-state index in [9.17, 15) is 4.79 Å². The van der Waals surface area contributed by atoms with E-state index < -0.39 is 0 Å². The lowest BCUT2D eigenvalue weighted by atomic mass is 10.1. The molecular formula is C21H25N3O3. The van der Waals surface area contributed by atoms with Gasteiger partial charge in [-0.25, -0.2) is 4.98 Å². The zero-order chi connectivity index (χ0) is 19.1. The van der Waals surface area contributed by atoms with E-state index in [0.717, 1.165) is 28.2 Å². The van der Waals surface area contributed by atoms with Gasteiger partial charge in [0.05, 0.1) is 24.8 Å². The monoisotopic (exact) mass is 367 g/mol. The molecule has 6 heteroatoms. The van der Waals surface area contributed by atoms with E-state index in [2.05, 4.69) is 15.3 Å². The number of rotatable bonds is 9. The summed E-state index contributed by atoms with van der Waals surface area (Å²) in [5.74, 6) is 2.32. The Balaban J connectivity index is 1.45. The zero-order valence-corrected chi connectivity index (χ0v) is 15.7. The summed E-state index contributed by atoms with van der Waals surface area (Å²) in [6.07, 6.45) is 1.76. The van der Waals surface area contributed by atoms with Gasteiger partial charge in [0.25, 0.3) is 0 Å². The number of methoxy groups -OCH3 is 1. The molecule has 6 nitrogen and oxygen atoms in total. The van der Waals surface area contributed by atoms with E-state index in [4.69, 9.17) is 9.47 Å². The molecule has 1 amide bonds. The lowest BCUT2D eigenvalue weighted by molar-refractivity contribution is -0.121. The van der Waals surface area contributed by atoms with E-state index >= 15 is 0 Å². The molecule has 0 saturated carbocycles. The van der Waals surface area contributed by atoms with Gasteiger partial charge >= 0.3 is 0 Å². The molecule has 0 aliphatic carbocycles.